The lowest BCUT2D eigenvalue weighted by Crippen LogP contribution is -2.25. The molecule has 1 N–H and O–H groups in total. The van der Waals surface area contributed by atoms with Crippen molar-refractivity contribution in [1.29, 1.82) is 0 Å². The maximum atomic E-state index is 12.3. The van der Waals surface area contributed by atoms with Crippen LogP contribution < -0.4 is 5.32 Å². The number of amides is 1. The SMILES string of the molecule is O=C(NCCc1cnccn1)c1ccc(-c2cn(-c3ccccc3)cn2)cc1. The topological polar surface area (TPSA) is 72.7 Å². The van der Waals surface area contributed by atoms with Gasteiger partial charge in [0.05, 0.1) is 17.7 Å². The van der Waals surface area contributed by atoms with Crippen molar-refractivity contribution in [2.75, 3.05) is 6.54 Å². The summed E-state index contributed by atoms with van der Waals surface area (Å²) in [5, 5.41) is 2.91. The predicted molar refractivity (Wildman–Crippen MR) is 107 cm³/mol. The molecule has 0 aliphatic heterocycles. The highest BCUT2D eigenvalue weighted by Gasteiger charge is 2.08. The number of para-hydroxylation sites is 1. The van der Waals surface area contributed by atoms with E-state index in [1.165, 1.54) is 0 Å². The molecule has 0 saturated heterocycles. The molecule has 0 bridgehead atoms. The summed E-state index contributed by atoms with van der Waals surface area (Å²) in [4.78, 5) is 25.0. The highest BCUT2D eigenvalue weighted by atomic mass is 16.1. The molecule has 0 radical (unpaired) electrons. The summed E-state index contributed by atoms with van der Waals surface area (Å²) in [5.41, 5.74) is 4.35. The van der Waals surface area contributed by atoms with E-state index in [4.69, 9.17) is 0 Å². The van der Waals surface area contributed by atoms with Crippen molar-refractivity contribution < 1.29 is 4.79 Å². The Morgan fingerprint density at radius 2 is 1.79 bits per heavy atom. The fourth-order valence-electron chi connectivity index (χ4n) is 2.87. The average molecular weight is 369 g/mol. The zero-order valence-corrected chi connectivity index (χ0v) is 15.2. The summed E-state index contributed by atoms with van der Waals surface area (Å²) < 4.78 is 1.97. The summed E-state index contributed by atoms with van der Waals surface area (Å²) in [6.07, 6.45) is 9.40. The predicted octanol–water partition coefficient (Wildman–Crippen LogP) is 3.30. The molecule has 0 aliphatic rings. The van der Waals surface area contributed by atoms with Crippen LogP contribution in [0.4, 0.5) is 0 Å². The Labute approximate surface area is 162 Å². The number of nitrogens with zero attached hydrogens (tertiary/aromatic N) is 4. The van der Waals surface area contributed by atoms with Crippen molar-refractivity contribution in [3.8, 4) is 16.9 Å². The Balaban J connectivity index is 1.38. The van der Waals surface area contributed by atoms with Crippen LogP contribution in [0.5, 0.6) is 0 Å². The van der Waals surface area contributed by atoms with Gasteiger partial charge in [0.1, 0.15) is 0 Å². The third kappa shape index (κ3) is 4.12. The lowest BCUT2D eigenvalue weighted by Gasteiger charge is -2.05. The van der Waals surface area contributed by atoms with E-state index in [1.807, 2.05) is 65.4 Å². The molecule has 2 aromatic heterocycles. The molecule has 0 saturated carbocycles. The lowest BCUT2D eigenvalue weighted by atomic mass is 10.1. The Hall–Kier alpha value is -3.80. The third-order valence-corrected chi connectivity index (χ3v) is 4.36. The molecule has 28 heavy (non-hydrogen) atoms. The zero-order valence-electron chi connectivity index (χ0n) is 15.2. The minimum absolute atomic E-state index is 0.106. The molecule has 138 valence electrons. The van der Waals surface area contributed by atoms with Crippen LogP contribution in [0.15, 0.2) is 85.7 Å². The second-order valence-electron chi connectivity index (χ2n) is 6.28. The van der Waals surface area contributed by atoms with Crippen LogP contribution in [0.3, 0.4) is 0 Å². The first-order valence-electron chi connectivity index (χ1n) is 9.02. The Morgan fingerprint density at radius 1 is 0.964 bits per heavy atom. The van der Waals surface area contributed by atoms with Crippen LogP contribution in [-0.4, -0.2) is 32.0 Å². The monoisotopic (exact) mass is 369 g/mol. The zero-order chi connectivity index (χ0) is 19.2. The molecule has 6 heteroatoms. The second-order valence-corrected chi connectivity index (χ2v) is 6.28. The minimum atomic E-state index is -0.106. The van der Waals surface area contributed by atoms with E-state index in [2.05, 4.69) is 20.3 Å². The van der Waals surface area contributed by atoms with Gasteiger partial charge >= 0.3 is 0 Å². The molecule has 2 heterocycles. The molecular formula is C22H19N5O. The van der Waals surface area contributed by atoms with Gasteiger partial charge in [-0.2, -0.15) is 0 Å². The molecule has 0 unspecified atom stereocenters. The first-order valence-corrected chi connectivity index (χ1v) is 9.02. The third-order valence-electron chi connectivity index (χ3n) is 4.36. The molecule has 4 rings (SSSR count). The van der Waals surface area contributed by atoms with E-state index in [9.17, 15) is 4.79 Å². The van der Waals surface area contributed by atoms with Crippen molar-refractivity contribution in [2.24, 2.45) is 0 Å². The molecule has 0 aliphatic carbocycles. The number of carbonyl (C=O) groups is 1. The van der Waals surface area contributed by atoms with E-state index >= 15 is 0 Å². The van der Waals surface area contributed by atoms with Crippen LogP contribution in [0.2, 0.25) is 0 Å². The average Bonchev–Trinajstić information content (AvgIpc) is 3.25. The van der Waals surface area contributed by atoms with Crippen LogP contribution >= 0.6 is 0 Å². The van der Waals surface area contributed by atoms with Crippen molar-refractivity contribution in [1.82, 2.24) is 24.8 Å². The van der Waals surface area contributed by atoms with Crippen LogP contribution in [0, 0.1) is 0 Å². The van der Waals surface area contributed by atoms with E-state index < -0.39 is 0 Å². The Bertz CT molecular complexity index is 1040. The van der Waals surface area contributed by atoms with E-state index in [1.54, 1.807) is 24.9 Å². The fraction of sp³-hybridized carbons (Fsp3) is 0.0909. The van der Waals surface area contributed by atoms with Gasteiger partial charge in [-0.15, -0.1) is 0 Å². The van der Waals surface area contributed by atoms with Gasteiger partial charge in [-0.1, -0.05) is 30.3 Å². The van der Waals surface area contributed by atoms with Crippen molar-refractivity contribution in [3.05, 3.63) is 97.0 Å². The van der Waals surface area contributed by atoms with E-state index in [0.717, 1.165) is 22.6 Å². The van der Waals surface area contributed by atoms with Gasteiger partial charge in [0.25, 0.3) is 5.91 Å². The number of rotatable bonds is 6. The van der Waals surface area contributed by atoms with E-state index in [-0.39, 0.29) is 5.91 Å². The van der Waals surface area contributed by atoms with Gasteiger partial charge in [-0.3, -0.25) is 14.8 Å². The van der Waals surface area contributed by atoms with Crippen molar-refractivity contribution in [2.45, 2.75) is 6.42 Å². The van der Waals surface area contributed by atoms with Gasteiger partial charge in [0, 0.05) is 54.6 Å². The van der Waals surface area contributed by atoms with Crippen LogP contribution in [0.25, 0.3) is 16.9 Å². The summed E-state index contributed by atoms with van der Waals surface area (Å²) in [5.74, 6) is -0.106. The minimum Gasteiger partial charge on any atom is -0.352 e. The van der Waals surface area contributed by atoms with Gasteiger partial charge in [0.2, 0.25) is 0 Å². The summed E-state index contributed by atoms with van der Waals surface area (Å²) >= 11 is 0. The largest absolute Gasteiger partial charge is 0.352 e. The first-order chi connectivity index (χ1) is 13.8. The molecule has 1 amide bonds. The first kappa shape index (κ1) is 17.6. The quantitative estimate of drug-likeness (QED) is 0.566. The number of hydrogen-bond acceptors (Lipinski definition) is 4. The Kier molecular flexibility index (Phi) is 5.20. The lowest BCUT2D eigenvalue weighted by molar-refractivity contribution is 0.0954. The normalized spacial score (nSPS) is 10.6. The highest BCUT2D eigenvalue weighted by molar-refractivity contribution is 5.94. The summed E-state index contributed by atoms with van der Waals surface area (Å²) in [6.45, 7) is 0.515. The molecule has 6 nitrogen and oxygen atoms in total. The van der Waals surface area contributed by atoms with Gasteiger partial charge in [-0.25, -0.2) is 4.98 Å². The summed E-state index contributed by atoms with van der Waals surface area (Å²) in [7, 11) is 0. The smallest absolute Gasteiger partial charge is 0.251 e. The number of nitrogens with one attached hydrogen (secondary N) is 1. The molecule has 2 aromatic carbocycles. The van der Waals surface area contributed by atoms with Crippen molar-refractivity contribution >= 4 is 5.91 Å². The highest BCUT2D eigenvalue weighted by Crippen LogP contribution is 2.19. The maximum Gasteiger partial charge on any atom is 0.251 e. The molecule has 0 fully saturated rings. The molecular weight excluding hydrogens is 350 g/mol. The number of imidazole rings is 1. The number of hydrogen-bond donors (Lipinski definition) is 1. The van der Waals surface area contributed by atoms with Crippen molar-refractivity contribution in [3.63, 3.8) is 0 Å². The number of carbonyl (C=O) groups excluding carboxylic acids is 1. The van der Waals surface area contributed by atoms with Crippen LogP contribution in [-0.2, 0) is 6.42 Å². The molecule has 0 atom stereocenters. The van der Waals surface area contributed by atoms with Gasteiger partial charge in [0.15, 0.2) is 0 Å². The fourth-order valence-corrected chi connectivity index (χ4v) is 2.87. The Morgan fingerprint density at radius 3 is 2.54 bits per heavy atom. The molecule has 0 spiro atoms. The molecule has 4 aromatic rings. The standard InChI is InChI=1S/C22H19N5O/c28-22(25-11-10-19-14-23-12-13-24-19)18-8-6-17(7-9-18)21-15-27(16-26-21)20-4-2-1-3-5-20/h1-9,12-16H,10-11H2,(H,25,28). The number of aromatic nitrogens is 4. The second kappa shape index (κ2) is 8.26. The van der Waals surface area contributed by atoms with Crippen LogP contribution in [0.1, 0.15) is 16.1 Å². The van der Waals surface area contributed by atoms with Gasteiger partial charge < -0.3 is 9.88 Å². The number of benzene rings is 2. The van der Waals surface area contributed by atoms with Gasteiger partial charge in [-0.05, 0) is 24.3 Å². The van der Waals surface area contributed by atoms with E-state index in [0.29, 0.717) is 18.5 Å². The summed E-state index contributed by atoms with van der Waals surface area (Å²) in [6, 6.07) is 17.5. The maximum absolute atomic E-state index is 12.3.